The van der Waals surface area contributed by atoms with Crippen molar-refractivity contribution in [1.82, 2.24) is 4.90 Å². The van der Waals surface area contributed by atoms with Gasteiger partial charge >= 0.3 is 0 Å². The van der Waals surface area contributed by atoms with Gasteiger partial charge in [-0.3, -0.25) is 4.90 Å². The van der Waals surface area contributed by atoms with Crippen molar-refractivity contribution >= 4 is 15.9 Å². The quantitative estimate of drug-likeness (QED) is 0.800. The standard InChI is InChI=1S/C16H16BrN/c1-12-2-4-13(5-3-12)9-18-10-14-6-7-16(17)8-15(14)11-18/h2-8H,9-11H2,1H3. The highest BCUT2D eigenvalue weighted by Gasteiger charge is 2.18. The summed E-state index contributed by atoms with van der Waals surface area (Å²) in [6.07, 6.45) is 0. The topological polar surface area (TPSA) is 3.24 Å². The second-order valence-electron chi connectivity index (χ2n) is 5.04. The minimum absolute atomic E-state index is 1.03. The van der Waals surface area contributed by atoms with Crippen molar-refractivity contribution in [2.45, 2.75) is 26.6 Å². The van der Waals surface area contributed by atoms with Crippen LogP contribution in [-0.2, 0) is 19.6 Å². The van der Waals surface area contributed by atoms with Crippen LogP contribution in [0.5, 0.6) is 0 Å². The maximum absolute atomic E-state index is 3.54. The van der Waals surface area contributed by atoms with E-state index in [1.807, 2.05) is 0 Å². The van der Waals surface area contributed by atoms with Gasteiger partial charge < -0.3 is 0 Å². The molecule has 0 aliphatic carbocycles. The van der Waals surface area contributed by atoms with Gasteiger partial charge in [0.1, 0.15) is 0 Å². The monoisotopic (exact) mass is 301 g/mol. The molecule has 1 nitrogen and oxygen atoms in total. The summed E-state index contributed by atoms with van der Waals surface area (Å²) >= 11 is 3.54. The summed E-state index contributed by atoms with van der Waals surface area (Å²) in [7, 11) is 0. The first-order chi connectivity index (χ1) is 8.70. The molecule has 2 aromatic carbocycles. The molecule has 0 radical (unpaired) electrons. The van der Waals surface area contributed by atoms with Gasteiger partial charge in [0.25, 0.3) is 0 Å². The first-order valence-electron chi connectivity index (χ1n) is 6.26. The highest BCUT2D eigenvalue weighted by molar-refractivity contribution is 9.10. The van der Waals surface area contributed by atoms with E-state index in [1.165, 1.54) is 26.7 Å². The number of hydrogen-bond donors (Lipinski definition) is 0. The molecule has 0 atom stereocenters. The average Bonchev–Trinajstić information content (AvgIpc) is 2.73. The van der Waals surface area contributed by atoms with E-state index in [-0.39, 0.29) is 0 Å². The minimum atomic E-state index is 1.03. The van der Waals surface area contributed by atoms with Gasteiger partial charge in [-0.25, -0.2) is 0 Å². The lowest BCUT2D eigenvalue weighted by Crippen LogP contribution is -2.15. The lowest BCUT2D eigenvalue weighted by Gasteiger charge is -2.14. The molecule has 0 bridgehead atoms. The average molecular weight is 302 g/mol. The van der Waals surface area contributed by atoms with E-state index < -0.39 is 0 Å². The molecule has 0 amide bonds. The summed E-state index contributed by atoms with van der Waals surface area (Å²) in [4.78, 5) is 2.49. The lowest BCUT2D eigenvalue weighted by molar-refractivity contribution is 0.275. The van der Waals surface area contributed by atoms with Gasteiger partial charge in [-0.15, -0.1) is 0 Å². The molecule has 2 heteroatoms. The van der Waals surface area contributed by atoms with Crippen molar-refractivity contribution in [3.05, 3.63) is 69.2 Å². The fourth-order valence-corrected chi connectivity index (χ4v) is 2.91. The Balaban J connectivity index is 1.72. The molecule has 3 rings (SSSR count). The van der Waals surface area contributed by atoms with E-state index in [0.29, 0.717) is 0 Å². The maximum atomic E-state index is 3.54. The summed E-state index contributed by atoms with van der Waals surface area (Å²) in [5, 5.41) is 0. The fourth-order valence-electron chi connectivity index (χ4n) is 2.50. The van der Waals surface area contributed by atoms with E-state index in [9.17, 15) is 0 Å². The summed E-state index contributed by atoms with van der Waals surface area (Å²) in [5.41, 5.74) is 5.64. The van der Waals surface area contributed by atoms with Crippen molar-refractivity contribution in [3.63, 3.8) is 0 Å². The van der Waals surface area contributed by atoms with E-state index in [2.05, 4.69) is 70.2 Å². The Morgan fingerprint density at radius 1 is 1.00 bits per heavy atom. The number of benzene rings is 2. The molecule has 0 saturated heterocycles. The Morgan fingerprint density at radius 2 is 1.72 bits per heavy atom. The molecule has 0 saturated carbocycles. The molecule has 2 aromatic rings. The SMILES string of the molecule is Cc1ccc(CN2Cc3ccc(Br)cc3C2)cc1. The van der Waals surface area contributed by atoms with Crippen LogP contribution in [0.4, 0.5) is 0 Å². The van der Waals surface area contributed by atoms with Crippen molar-refractivity contribution in [2.75, 3.05) is 0 Å². The van der Waals surface area contributed by atoms with Gasteiger partial charge in [0, 0.05) is 24.1 Å². The van der Waals surface area contributed by atoms with Gasteiger partial charge in [-0.05, 0) is 35.7 Å². The fraction of sp³-hybridized carbons (Fsp3) is 0.250. The number of fused-ring (bicyclic) bond motifs is 1. The van der Waals surface area contributed by atoms with Crippen LogP contribution in [0, 0.1) is 6.92 Å². The zero-order valence-corrected chi connectivity index (χ0v) is 12.1. The minimum Gasteiger partial charge on any atom is -0.291 e. The normalized spacial score (nSPS) is 14.8. The van der Waals surface area contributed by atoms with Gasteiger partial charge in [0.2, 0.25) is 0 Å². The van der Waals surface area contributed by atoms with Crippen molar-refractivity contribution < 1.29 is 0 Å². The summed E-state index contributed by atoms with van der Waals surface area (Å²) < 4.78 is 1.18. The summed E-state index contributed by atoms with van der Waals surface area (Å²) in [6.45, 7) is 5.29. The van der Waals surface area contributed by atoms with Crippen LogP contribution in [0.3, 0.4) is 0 Å². The molecule has 0 N–H and O–H groups in total. The van der Waals surface area contributed by atoms with Gasteiger partial charge in [0.15, 0.2) is 0 Å². The molecule has 1 aliphatic rings. The van der Waals surface area contributed by atoms with E-state index in [0.717, 1.165) is 19.6 Å². The van der Waals surface area contributed by atoms with E-state index >= 15 is 0 Å². The van der Waals surface area contributed by atoms with Crippen molar-refractivity contribution in [3.8, 4) is 0 Å². The molecule has 18 heavy (non-hydrogen) atoms. The van der Waals surface area contributed by atoms with Gasteiger partial charge in [-0.1, -0.05) is 51.8 Å². The first-order valence-corrected chi connectivity index (χ1v) is 7.05. The van der Waals surface area contributed by atoms with E-state index in [4.69, 9.17) is 0 Å². The second-order valence-corrected chi connectivity index (χ2v) is 5.96. The number of rotatable bonds is 2. The van der Waals surface area contributed by atoms with Crippen LogP contribution in [0.15, 0.2) is 46.9 Å². The largest absolute Gasteiger partial charge is 0.291 e. The summed E-state index contributed by atoms with van der Waals surface area (Å²) in [5.74, 6) is 0. The Bertz CT molecular complexity index is 560. The van der Waals surface area contributed by atoms with Crippen molar-refractivity contribution in [2.24, 2.45) is 0 Å². The van der Waals surface area contributed by atoms with Crippen LogP contribution in [0.1, 0.15) is 22.3 Å². The van der Waals surface area contributed by atoms with Crippen LogP contribution < -0.4 is 0 Å². The molecule has 0 aromatic heterocycles. The highest BCUT2D eigenvalue weighted by Crippen LogP contribution is 2.27. The van der Waals surface area contributed by atoms with Gasteiger partial charge in [0.05, 0.1) is 0 Å². The molecule has 0 unspecified atom stereocenters. The molecular weight excluding hydrogens is 286 g/mol. The molecule has 92 valence electrons. The van der Waals surface area contributed by atoms with Crippen LogP contribution in [0.25, 0.3) is 0 Å². The lowest BCUT2D eigenvalue weighted by atomic mass is 10.1. The van der Waals surface area contributed by atoms with Crippen LogP contribution in [-0.4, -0.2) is 4.90 Å². The molecule has 1 heterocycles. The Morgan fingerprint density at radius 3 is 2.50 bits per heavy atom. The number of halogens is 1. The van der Waals surface area contributed by atoms with Crippen LogP contribution >= 0.6 is 15.9 Å². The van der Waals surface area contributed by atoms with Crippen molar-refractivity contribution in [1.29, 1.82) is 0 Å². The third-order valence-electron chi connectivity index (χ3n) is 3.48. The number of aryl methyl sites for hydroxylation is 1. The second kappa shape index (κ2) is 4.87. The molecular formula is C16H16BrN. The van der Waals surface area contributed by atoms with Crippen LogP contribution in [0.2, 0.25) is 0 Å². The highest BCUT2D eigenvalue weighted by atomic mass is 79.9. The third-order valence-corrected chi connectivity index (χ3v) is 3.98. The smallest absolute Gasteiger partial charge is 0.0244 e. The zero-order valence-electron chi connectivity index (χ0n) is 10.5. The Kier molecular flexibility index (Phi) is 3.23. The predicted molar refractivity (Wildman–Crippen MR) is 78.3 cm³/mol. The Labute approximate surface area is 117 Å². The molecule has 1 aliphatic heterocycles. The number of hydrogen-bond acceptors (Lipinski definition) is 1. The Hall–Kier alpha value is -1.12. The zero-order chi connectivity index (χ0) is 12.5. The van der Waals surface area contributed by atoms with E-state index in [1.54, 1.807) is 0 Å². The third kappa shape index (κ3) is 2.50. The number of nitrogens with zero attached hydrogens (tertiary/aromatic N) is 1. The molecule has 0 spiro atoms. The molecule has 0 fully saturated rings. The first kappa shape index (κ1) is 11.9. The predicted octanol–water partition coefficient (Wildman–Crippen LogP) is 4.27. The maximum Gasteiger partial charge on any atom is 0.0244 e. The summed E-state index contributed by atoms with van der Waals surface area (Å²) in [6, 6.07) is 15.4. The van der Waals surface area contributed by atoms with Gasteiger partial charge in [-0.2, -0.15) is 0 Å².